The maximum atomic E-state index is 2.60. The molecule has 0 atom stereocenters. The molecule has 3 aliphatic carbocycles. The normalized spacial score (nSPS) is 15.0. The first kappa shape index (κ1) is 41.5. The number of para-hydroxylation sites is 3. The molecule has 0 amide bonds. The van der Waals surface area contributed by atoms with Crippen LogP contribution in [0.15, 0.2) is 194 Å². The van der Waals surface area contributed by atoms with Gasteiger partial charge in [0.15, 0.2) is 0 Å². The van der Waals surface area contributed by atoms with E-state index in [1.165, 1.54) is 116 Å². The highest BCUT2D eigenvalue weighted by Crippen LogP contribution is 2.62. The summed E-state index contributed by atoms with van der Waals surface area (Å²) in [5.74, 6) is 0. The van der Waals surface area contributed by atoms with Gasteiger partial charge in [0.25, 0.3) is 0 Å². The van der Waals surface area contributed by atoms with Crippen molar-refractivity contribution in [3.05, 3.63) is 239 Å². The molecule has 0 N–H and O–H groups in total. The summed E-state index contributed by atoms with van der Waals surface area (Å²) in [6.45, 7) is 19.1. The predicted octanol–water partition coefficient (Wildman–Crippen LogP) is 18.5. The highest BCUT2D eigenvalue weighted by Gasteiger charge is 2.46. The molecule has 0 bridgehead atoms. The fourth-order valence-electron chi connectivity index (χ4n) is 12.8. The summed E-state index contributed by atoms with van der Waals surface area (Å²) >= 11 is 0. The average molecular weight is 889 g/mol. The number of aryl methyl sites for hydroxylation is 2. The number of fused-ring (bicyclic) bond motifs is 13. The van der Waals surface area contributed by atoms with E-state index in [2.05, 4.69) is 259 Å². The molecule has 0 unspecified atom stereocenters. The molecule has 69 heavy (non-hydrogen) atoms. The quantitative estimate of drug-likeness (QED) is 0.164. The van der Waals surface area contributed by atoms with Gasteiger partial charge in [0.1, 0.15) is 0 Å². The fraction of sp³-hybridized carbons (Fsp3) is 0.164. The van der Waals surface area contributed by atoms with Gasteiger partial charge in [-0.05, 0) is 176 Å². The van der Waals surface area contributed by atoms with E-state index in [0.717, 1.165) is 17.1 Å². The van der Waals surface area contributed by atoms with Gasteiger partial charge < -0.3 is 9.80 Å². The molecule has 0 heterocycles. The topological polar surface area (TPSA) is 6.48 Å². The maximum absolute atomic E-state index is 2.60. The first-order valence-electron chi connectivity index (χ1n) is 24.7. The van der Waals surface area contributed by atoms with E-state index >= 15 is 0 Å². The van der Waals surface area contributed by atoms with Crippen molar-refractivity contribution < 1.29 is 0 Å². The van der Waals surface area contributed by atoms with Gasteiger partial charge in [0.2, 0.25) is 0 Å². The Morgan fingerprint density at radius 1 is 0.290 bits per heavy atom. The van der Waals surface area contributed by atoms with E-state index in [1.54, 1.807) is 0 Å². The average Bonchev–Trinajstić information content (AvgIpc) is 3.83. The van der Waals surface area contributed by atoms with Gasteiger partial charge in [-0.25, -0.2) is 0 Å². The lowest BCUT2D eigenvalue weighted by Gasteiger charge is -2.31. The van der Waals surface area contributed by atoms with Crippen LogP contribution < -0.4 is 9.80 Å². The Balaban J connectivity index is 0.990. The standard InChI is InChI=1S/C67H56N2/c1-41-32-33-60(42(2)34-41)69(45-26-16-11-17-27-45)62-40-59-64(49-31-21-19-29-47(49)62)53-38-55-51(36-57(53)67(59,7)8)50-35-56-52(37-54(50)65(55,3)4)63-48-30-20-18-28-46(48)61(39-58(63)66(56,5)6)68(43-22-12-9-13-23-43)44-24-14-10-15-25-44/h9-40H,1-8H3. The molecule has 10 aromatic carbocycles. The third-order valence-corrected chi connectivity index (χ3v) is 16.3. The van der Waals surface area contributed by atoms with Gasteiger partial charge in [0.05, 0.1) is 11.4 Å². The van der Waals surface area contributed by atoms with Crippen molar-refractivity contribution in [2.24, 2.45) is 0 Å². The number of anilines is 6. The van der Waals surface area contributed by atoms with Crippen molar-refractivity contribution in [1.82, 2.24) is 0 Å². The molecule has 0 radical (unpaired) electrons. The number of hydrogen-bond donors (Lipinski definition) is 0. The second kappa shape index (κ2) is 14.7. The minimum absolute atomic E-state index is 0.218. The number of benzene rings is 10. The summed E-state index contributed by atoms with van der Waals surface area (Å²) in [5, 5.41) is 5.12. The predicted molar refractivity (Wildman–Crippen MR) is 293 cm³/mol. The molecule has 13 rings (SSSR count). The maximum Gasteiger partial charge on any atom is 0.0543 e. The third kappa shape index (κ3) is 5.85. The molecule has 0 fully saturated rings. The number of nitrogens with zero attached hydrogens (tertiary/aromatic N) is 2. The van der Waals surface area contributed by atoms with Crippen LogP contribution >= 0.6 is 0 Å². The lowest BCUT2D eigenvalue weighted by atomic mass is 9.78. The lowest BCUT2D eigenvalue weighted by molar-refractivity contribution is 0.649. The van der Waals surface area contributed by atoms with Crippen molar-refractivity contribution >= 4 is 55.7 Å². The molecule has 2 nitrogen and oxygen atoms in total. The van der Waals surface area contributed by atoms with Gasteiger partial charge in [-0.3, -0.25) is 0 Å². The Morgan fingerprint density at radius 2 is 0.638 bits per heavy atom. The van der Waals surface area contributed by atoms with Crippen molar-refractivity contribution in [2.75, 3.05) is 9.80 Å². The van der Waals surface area contributed by atoms with Crippen LogP contribution in [0.3, 0.4) is 0 Å². The first-order chi connectivity index (χ1) is 33.3. The van der Waals surface area contributed by atoms with Crippen LogP contribution in [0.5, 0.6) is 0 Å². The molecule has 0 spiro atoms. The van der Waals surface area contributed by atoms with Crippen molar-refractivity contribution in [2.45, 2.75) is 71.6 Å². The minimum atomic E-state index is -0.249. The van der Waals surface area contributed by atoms with Crippen molar-refractivity contribution in [3.63, 3.8) is 0 Å². The van der Waals surface area contributed by atoms with E-state index in [1.807, 2.05) is 0 Å². The van der Waals surface area contributed by atoms with Crippen LogP contribution in [0.25, 0.3) is 54.9 Å². The molecule has 3 aliphatic rings. The SMILES string of the molecule is Cc1ccc(N(c2ccccc2)c2cc3c(c4ccccc24)-c2cc4c(cc2C3(C)C)-c2cc3c(cc2C4(C)C)-c2c(cc(N(c4ccccc4)c4ccccc4)c4ccccc24)C3(C)C)c(C)c1. The van der Waals surface area contributed by atoms with Crippen LogP contribution in [-0.2, 0) is 16.2 Å². The summed E-state index contributed by atoms with van der Waals surface area (Å²) in [6, 6.07) is 73.0. The van der Waals surface area contributed by atoms with Crippen LogP contribution in [0.1, 0.15) is 86.1 Å². The molecule has 10 aromatic rings. The van der Waals surface area contributed by atoms with Crippen LogP contribution in [0, 0.1) is 13.8 Å². The summed E-state index contributed by atoms with van der Waals surface area (Å²) in [7, 11) is 0. The molecule has 2 heteroatoms. The lowest BCUT2D eigenvalue weighted by Crippen LogP contribution is -2.18. The summed E-state index contributed by atoms with van der Waals surface area (Å²) < 4.78 is 0. The fourth-order valence-corrected chi connectivity index (χ4v) is 12.8. The Bertz CT molecular complexity index is 3720. The molecular weight excluding hydrogens is 833 g/mol. The number of rotatable bonds is 6. The highest BCUT2D eigenvalue weighted by atomic mass is 15.2. The van der Waals surface area contributed by atoms with Gasteiger partial charge in [-0.1, -0.05) is 162 Å². The van der Waals surface area contributed by atoms with Crippen LogP contribution in [0.2, 0.25) is 0 Å². The van der Waals surface area contributed by atoms with E-state index in [9.17, 15) is 0 Å². The highest BCUT2D eigenvalue weighted by molar-refractivity contribution is 6.12. The van der Waals surface area contributed by atoms with Gasteiger partial charge in [-0.15, -0.1) is 0 Å². The van der Waals surface area contributed by atoms with Crippen molar-refractivity contribution in [3.8, 4) is 33.4 Å². The van der Waals surface area contributed by atoms with E-state index in [4.69, 9.17) is 0 Å². The smallest absolute Gasteiger partial charge is 0.0543 e. The Morgan fingerprint density at radius 3 is 1.07 bits per heavy atom. The zero-order valence-corrected chi connectivity index (χ0v) is 40.9. The van der Waals surface area contributed by atoms with E-state index < -0.39 is 0 Å². The molecular formula is C67H56N2. The molecule has 0 saturated carbocycles. The van der Waals surface area contributed by atoms with Crippen LogP contribution in [-0.4, -0.2) is 0 Å². The largest absolute Gasteiger partial charge is 0.310 e. The number of hydrogen-bond acceptors (Lipinski definition) is 2. The van der Waals surface area contributed by atoms with E-state index in [-0.39, 0.29) is 16.2 Å². The first-order valence-corrected chi connectivity index (χ1v) is 24.7. The summed E-state index contributed by atoms with van der Waals surface area (Å²) in [5.41, 5.74) is 25.5. The molecule has 0 saturated heterocycles. The minimum Gasteiger partial charge on any atom is -0.310 e. The van der Waals surface area contributed by atoms with Gasteiger partial charge in [0, 0.05) is 49.8 Å². The zero-order chi connectivity index (χ0) is 47.1. The monoisotopic (exact) mass is 888 g/mol. The van der Waals surface area contributed by atoms with Crippen LogP contribution in [0.4, 0.5) is 34.1 Å². The molecule has 0 aromatic heterocycles. The Hall–Kier alpha value is -7.68. The third-order valence-electron chi connectivity index (χ3n) is 16.3. The van der Waals surface area contributed by atoms with Gasteiger partial charge in [-0.2, -0.15) is 0 Å². The molecule has 334 valence electrons. The second-order valence-electron chi connectivity index (χ2n) is 21.5. The van der Waals surface area contributed by atoms with Crippen molar-refractivity contribution in [1.29, 1.82) is 0 Å². The summed E-state index contributed by atoms with van der Waals surface area (Å²) in [6.07, 6.45) is 0. The van der Waals surface area contributed by atoms with E-state index in [0.29, 0.717) is 0 Å². The molecule has 0 aliphatic heterocycles. The Labute approximate surface area is 407 Å². The zero-order valence-electron chi connectivity index (χ0n) is 40.9. The second-order valence-corrected chi connectivity index (χ2v) is 21.5. The summed E-state index contributed by atoms with van der Waals surface area (Å²) in [4.78, 5) is 4.93. The Kier molecular flexibility index (Phi) is 8.82. The van der Waals surface area contributed by atoms with Gasteiger partial charge >= 0.3 is 0 Å².